The second kappa shape index (κ2) is 6.11. The molecule has 0 aliphatic heterocycles. The van der Waals surface area contributed by atoms with Gasteiger partial charge in [-0.2, -0.15) is 0 Å². The van der Waals surface area contributed by atoms with Gasteiger partial charge in [0.05, 0.1) is 18.5 Å². The van der Waals surface area contributed by atoms with Gasteiger partial charge in [0.2, 0.25) is 0 Å². The van der Waals surface area contributed by atoms with Crippen LogP contribution in [0.5, 0.6) is 5.75 Å². The predicted molar refractivity (Wildman–Crippen MR) is 82.3 cm³/mol. The Morgan fingerprint density at radius 1 is 1.45 bits per heavy atom. The van der Waals surface area contributed by atoms with E-state index in [4.69, 9.17) is 22.1 Å². The number of nitrogens with one attached hydrogen (secondary N) is 1. The van der Waals surface area contributed by atoms with E-state index in [0.717, 1.165) is 0 Å². The van der Waals surface area contributed by atoms with Gasteiger partial charge in [0.1, 0.15) is 5.75 Å². The van der Waals surface area contributed by atoms with Crippen molar-refractivity contribution < 1.29 is 9.53 Å². The number of pyridine rings is 1. The van der Waals surface area contributed by atoms with E-state index in [9.17, 15) is 4.79 Å². The third kappa shape index (κ3) is 3.20. The summed E-state index contributed by atoms with van der Waals surface area (Å²) in [6, 6.07) is 6.44. The Hall–Kier alpha value is -1.79. The van der Waals surface area contributed by atoms with Crippen LogP contribution in [-0.4, -0.2) is 18.0 Å². The van der Waals surface area contributed by atoms with Gasteiger partial charge in [0.25, 0.3) is 5.91 Å². The van der Waals surface area contributed by atoms with Crippen LogP contribution in [-0.2, 0) is 0 Å². The number of ether oxygens (including phenoxy) is 1. The Morgan fingerprint density at radius 2 is 2.20 bits per heavy atom. The van der Waals surface area contributed by atoms with Crippen LogP contribution in [0.2, 0.25) is 5.15 Å². The number of carbonyl (C=O) groups excluding carboxylic acids is 1. The van der Waals surface area contributed by atoms with E-state index >= 15 is 0 Å². The number of rotatable bonds is 3. The highest BCUT2D eigenvalue weighted by atomic mass is 79.9. The molecule has 20 heavy (non-hydrogen) atoms. The molecule has 104 valence electrons. The van der Waals surface area contributed by atoms with Gasteiger partial charge in [-0.1, -0.05) is 11.6 Å². The molecule has 7 heteroatoms. The first-order chi connectivity index (χ1) is 9.51. The highest BCUT2D eigenvalue weighted by Crippen LogP contribution is 2.25. The topological polar surface area (TPSA) is 77.2 Å². The van der Waals surface area contributed by atoms with Crippen LogP contribution in [0.3, 0.4) is 0 Å². The van der Waals surface area contributed by atoms with E-state index in [1.807, 2.05) is 0 Å². The zero-order chi connectivity index (χ0) is 14.7. The zero-order valence-electron chi connectivity index (χ0n) is 10.5. The number of nitrogen functional groups attached to an aromatic ring is 1. The molecule has 0 bridgehead atoms. The molecule has 1 aromatic carbocycles. The molecule has 0 spiro atoms. The minimum absolute atomic E-state index is 0.212. The van der Waals surface area contributed by atoms with Crippen molar-refractivity contribution in [3.05, 3.63) is 45.7 Å². The molecule has 2 rings (SSSR count). The summed E-state index contributed by atoms with van der Waals surface area (Å²) < 4.78 is 5.79. The van der Waals surface area contributed by atoms with Gasteiger partial charge >= 0.3 is 0 Å². The number of nitrogens with two attached hydrogens (primary N) is 1. The van der Waals surface area contributed by atoms with Crippen LogP contribution in [0.4, 0.5) is 11.4 Å². The predicted octanol–water partition coefficient (Wildman–Crippen LogP) is 3.34. The third-order valence-corrected chi connectivity index (χ3v) is 3.28. The maximum Gasteiger partial charge on any atom is 0.255 e. The summed E-state index contributed by atoms with van der Waals surface area (Å²) in [6.45, 7) is 0. The van der Waals surface area contributed by atoms with E-state index in [1.54, 1.807) is 30.5 Å². The van der Waals surface area contributed by atoms with Crippen LogP contribution >= 0.6 is 27.5 Å². The number of carbonyl (C=O) groups is 1. The second-order valence-corrected chi connectivity index (χ2v) is 5.18. The lowest BCUT2D eigenvalue weighted by Crippen LogP contribution is -2.13. The molecule has 3 N–H and O–H groups in total. The number of hydrogen-bond donors (Lipinski definition) is 2. The van der Waals surface area contributed by atoms with Gasteiger partial charge < -0.3 is 15.8 Å². The van der Waals surface area contributed by atoms with Gasteiger partial charge in [-0.15, -0.1) is 0 Å². The Bertz CT molecular complexity index is 664. The van der Waals surface area contributed by atoms with Crippen molar-refractivity contribution in [2.24, 2.45) is 0 Å². The molecule has 0 saturated carbocycles. The van der Waals surface area contributed by atoms with Crippen molar-refractivity contribution in [2.45, 2.75) is 0 Å². The van der Waals surface area contributed by atoms with Crippen LogP contribution in [0.1, 0.15) is 10.4 Å². The third-order valence-electron chi connectivity index (χ3n) is 2.55. The monoisotopic (exact) mass is 355 g/mol. The van der Waals surface area contributed by atoms with Crippen LogP contribution in [0.15, 0.2) is 34.9 Å². The summed E-state index contributed by atoms with van der Waals surface area (Å²) >= 11 is 9.19. The summed E-state index contributed by atoms with van der Waals surface area (Å²) in [5.41, 5.74) is 6.99. The minimum Gasteiger partial charge on any atom is -0.495 e. The first-order valence-electron chi connectivity index (χ1n) is 5.57. The minimum atomic E-state index is -0.329. The molecular weight excluding hydrogens is 346 g/mol. The smallest absolute Gasteiger partial charge is 0.255 e. The van der Waals surface area contributed by atoms with Crippen LogP contribution in [0.25, 0.3) is 0 Å². The molecule has 0 aliphatic rings. The quantitative estimate of drug-likeness (QED) is 0.653. The SMILES string of the molecule is COc1cc(C(=O)Nc2cc(Br)cnc2Cl)ccc1N. The molecule has 0 saturated heterocycles. The highest BCUT2D eigenvalue weighted by Gasteiger charge is 2.11. The molecular formula is C13H11BrClN3O2. The highest BCUT2D eigenvalue weighted by molar-refractivity contribution is 9.10. The van der Waals surface area contributed by atoms with Gasteiger partial charge in [-0.05, 0) is 40.2 Å². The van der Waals surface area contributed by atoms with Crippen molar-refractivity contribution in [1.29, 1.82) is 0 Å². The van der Waals surface area contributed by atoms with Gasteiger partial charge in [0.15, 0.2) is 5.15 Å². The summed E-state index contributed by atoms with van der Waals surface area (Å²) in [5.74, 6) is 0.112. The number of halogens is 2. The summed E-state index contributed by atoms with van der Waals surface area (Å²) in [4.78, 5) is 16.1. The molecule has 5 nitrogen and oxygen atoms in total. The number of methoxy groups -OCH3 is 1. The standard InChI is InChI=1S/C13H11BrClN3O2/c1-20-11-4-7(2-3-9(11)16)13(19)18-10-5-8(14)6-17-12(10)15/h2-6H,16H2,1H3,(H,18,19). The maximum absolute atomic E-state index is 12.1. The molecule has 1 amide bonds. The van der Waals surface area contributed by atoms with Crippen LogP contribution in [0, 0.1) is 0 Å². The number of benzene rings is 1. The first kappa shape index (κ1) is 14.6. The largest absolute Gasteiger partial charge is 0.495 e. The van der Waals surface area contributed by atoms with E-state index in [2.05, 4.69) is 26.2 Å². The maximum atomic E-state index is 12.1. The lowest BCUT2D eigenvalue weighted by molar-refractivity contribution is 0.102. The van der Waals surface area contributed by atoms with Crippen molar-refractivity contribution in [3.63, 3.8) is 0 Å². The van der Waals surface area contributed by atoms with E-state index in [0.29, 0.717) is 27.2 Å². The molecule has 1 aromatic heterocycles. The first-order valence-corrected chi connectivity index (χ1v) is 6.74. The van der Waals surface area contributed by atoms with Gasteiger partial charge in [-0.25, -0.2) is 4.98 Å². The van der Waals surface area contributed by atoms with Crippen molar-refractivity contribution in [3.8, 4) is 5.75 Å². The van der Waals surface area contributed by atoms with Gasteiger partial charge in [0, 0.05) is 16.2 Å². The molecule has 2 aromatic rings. The van der Waals surface area contributed by atoms with Crippen molar-refractivity contribution in [1.82, 2.24) is 4.98 Å². The lowest BCUT2D eigenvalue weighted by Gasteiger charge is -2.09. The number of hydrogen-bond acceptors (Lipinski definition) is 4. The average molecular weight is 357 g/mol. The molecule has 1 heterocycles. The van der Waals surface area contributed by atoms with E-state index in [1.165, 1.54) is 7.11 Å². The number of amides is 1. The number of anilines is 2. The molecule has 0 atom stereocenters. The van der Waals surface area contributed by atoms with E-state index < -0.39 is 0 Å². The normalized spacial score (nSPS) is 10.2. The van der Waals surface area contributed by atoms with Crippen molar-refractivity contribution in [2.75, 3.05) is 18.2 Å². The van der Waals surface area contributed by atoms with Crippen molar-refractivity contribution >= 4 is 44.8 Å². The fourth-order valence-corrected chi connectivity index (χ4v) is 2.04. The molecule has 0 unspecified atom stereocenters. The molecule has 0 fully saturated rings. The lowest BCUT2D eigenvalue weighted by atomic mass is 10.1. The van der Waals surface area contributed by atoms with Crippen LogP contribution < -0.4 is 15.8 Å². The second-order valence-electron chi connectivity index (χ2n) is 3.90. The summed E-state index contributed by atoms with van der Waals surface area (Å²) in [7, 11) is 1.49. The number of nitrogens with zero attached hydrogens (tertiary/aromatic N) is 1. The zero-order valence-corrected chi connectivity index (χ0v) is 12.8. The summed E-state index contributed by atoms with van der Waals surface area (Å²) in [6.07, 6.45) is 1.55. The Labute approximate surface area is 129 Å². The van der Waals surface area contributed by atoms with Gasteiger partial charge in [-0.3, -0.25) is 4.79 Å². The number of aromatic nitrogens is 1. The molecule has 0 aliphatic carbocycles. The Kier molecular flexibility index (Phi) is 4.46. The Morgan fingerprint density at radius 3 is 2.90 bits per heavy atom. The average Bonchev–Trinajstić information content (AvgIpc) is 2.43. The summed E-state index contributed by atoms with van der Waals surface area (Å²) in [5, 5.41) is 2.89. The fraction of sp³-hybridized carbons (Fsp3) is 0.0769. The Balaban J connectivity index is 2.26. The molecule has 0 radical (unpaired) electrons. The fourth-order valence-electron chi connectivity index (χ4n) is 1.56. The van der Waals surface area contributed by atoms with E-state index in [-0.39, 0.29) is 11.1 Å².